The summed E-state index contributed by atoms with van der Waals surface area (Å²) in [4.78, 5) is 44.6. The first-order valence-electron chi connectivity index (χ1n) is 9.42. The van der Waals surface area contributed by atoms with Crippen LogP contribution in [-0.2, 0) is 4.79 Å². The van der Waals surface area contributed by atoms with Crippen molar-refractivity contribution in [1.29, 1.82) is 0 Å². The summed E-state index contributed by atoms with van der Waals surface area (Å²) in [5.41, 5.74) is 1.27. The second-order valence-corrected chi connectivity index (χ2v) is 8.28. The van der Waals surface area contributed by atoms with Crippen molar-refractivity contribution in [2.75, 3.05) is 13.1 Å². The fourth-order valence-corrected chi connectivity index (χ4v) is 4.73. The lowest BCUT2D eigenvalue weighted by Gasteiger charge is -2.37. The van der Waals surface area contributed by atoms with E-state index in [9.17, 15) is 14.4 Å². The van der Waals surface area contributed by atoms with Crippen molar-refractivity contribution in [3.63, 3.8) is 0 Å². The van der Waals surface area contributed by atoms with Gasteiger partial charge in [0.1, 0.15) is 5.54 Å². The summed E-state index contributed by atoms with van der Waals surface area (Å²) in [5, 5.41) is 7.83. The van der Waals surface area contributed by atoms with Gasteiger partial charge in [-0.2, -0.15) is 0 Å². The van der Waals surface area contributed by atoms with Crippen LogP contribution in [-0.4, -0.2) is 46.4 Å². The van der Waals surface area contributed by atoms with Crippen LogP contribution in [0.1, 0.15) is 23.2 Å². The average Bonchev–Trinajstić information content (AvgIpc) is 3.36. The van der Waals surface area contributed by atoms with Gasteiger partial charge in [-0.3, -0.25) is 14.9 Å². The number of rotatable bonds is 2. The summed E-state index contributed by atoms with van der Waals surface area (Å²) in [5.74, 6) is -0.384. The molecule has 2 aromatic heterocycles. The summed E-state index contributed by atoms with van der Waals surface area (Å²) >= 11 is 1.58. The lowest BCUT2D eigenvalue weighted by Crippen LogP contribution is -2.55. The van der Waals surface area contributed by atoms with Crippen molar-refractivity contribution in [2.45, 2.75) is 18.4 Å². The molecule has 29 heavy (non-hydrogen) atoms. The van der Waals surface area contributed by atoms with E-state index in [-0.39, 0.29) is 11.8 Å². The number of carbonyl (C=O) groups excluding carboxylic acids is 3. The van der Waals surface area contributed by atoms with Crippen LogP contribution < -0.4 is 10.6 Å². The quantitative estimate of drug-likeness (QED) is 0.640. The van der Waals surface area contributed by atoms with Crippen molar-refractivity contribution in [3.05, 3.63) is 53.4 Å². The van der Waals surface area contributed by atoms with Gasteiger partial charge in [0.2, 0.25) is 0 Å². The number of piperidine rings is 1. The summed E-state index contributed by atoms with van der Waals surface area (Å²) in [6, 6.07) is 13.0. The monoisotopic (exact) mass is 406 g/mol. The highest BCUT2D eigenvalue weighted by Crippen LogP contribution is 2.31. The number of pyridine rings is 1. The number of carbonyl (C=O) groups is 3. The predicted octanol–water partition coefficient (Wildman–Crippen LogP) is 2.78. The van der Waals surface area contributed by atoms with Crippen LogP contribution in [0.25, 0.3) is 21.5 Å². The van der Waals surface area contributed by atoms with Gasteiger partial charge < -0.3 is 10.2 Å². The number of fused-ring (bicyclic) bond motifs is 1. The lowest BCUT2D eigenvalue weighted by molar-refractivity contribution is -0.125. The number of hydrogen-bond acceptors (Lipinski definition) is 5. The molecule has 0 unspecified atom stereocenters. The molecule has 0 aliphatic carbocycles. The number of likely N-dealkylation sites (tertiary alicyclic amines) is 1. The maximum atomic E-state index is 13.4. The Balaban J connectivity index is 1.47. The fourth-order valence-electron chi connectivity index (χ4n) is 4.04. The standard InChI is InChI=1S/C21H18N4O3S/c26-18(25-9-7-21(8-10-25)19(27)23-20(28)24-21)14-12-16(17-6-3-11-29-17)22-15-5-2-1-4-13(14)15/h1-6,11-12H,7-10H2,(H2,23,24,27,28). The molecule has 146 valence electrons. The minimum atomic E-state index is -0.893. The largest absolute Gasteiger partial charge is 0.338 e. The lowest BCUT2D eigenvalue weighted by atomic mass is 9.87. The Hall–Kier alpha value is -3.26. The predicted molar refractivity (Wildman–Crippen MR) is 110 cm³/mol. The highest BCUT2D eigenvalue weighted by atomic mass is 32.1. The molecule has 0 atom stereocenters. The zero-order valence-corrected chi connectivity index (χ0v) is 16.3. The van der Waals surface area contributed by atoms with Crippen LogP contribution in [0, 0.1) is 0 Å². The number of para-hydroxylation sites is 1. The van der Waals surface area contributed by atoms with Crippen molar-refractivity contribution < 1.29 is 14.4 Å². The maximum Gasteiger partial charge on any atom is 0.322 e. The molecule has 4 amide bonds. The Labute approximate surface area is 170 Å². The topological polar surface area (TPSA) is 91.4 Å². The van der Waals surface area contributed by atoms with Gasteiger partial charge in [-0.1, -0.05) is 24.3 Å². The highest BCUT2D eigenvalue weighted by Gasteiger charge is 2.48. The molecule has 2 aliphatic heterocycles. The molecule has 1 spiro atoms. The van der Waals surface area contributed by atoms with Crippen molar-refractivity contribution in [1.82, 2.24) is 20.5 Å². The van der Waals surface area contributed by atoms with Gasteiger partial charge in [0.25, 0.3) is 11.8 Å². The zero-order chi connectivity index (χ0) is 20.0. The molecular formula is C21H18N4O3S. The van der Waals surface area contributed by atoms with E-state index in [2.05, 4.69) is 10.6 Å². The van der Waals surface area contributed by atoms with E-state index in [1.807, 2.05) is 47.8 Å². The van der Waals surface area contributed by atoms with Crippen molar-refractivity contribution in [3.8, 4) is 10.6 Å². The summed E-state index contributed by atoms with van der Waals surface area (Å²) in [6.45, 7) is 0.801. The van der Waals surface area contributed by atoms with E-state index in [1.54, 1.807) is 16.2 Å². The van der Waals surface area contributed by atoms with Crippen molar-refractivity contribution >= 4 is 40.1 Å². The summed E-state index contributed by atoms with van der Waals surface area (Å²) in [6.07, 6.45) is 0.800. The van der Waals surface area contributed by atoms with E-state index in [1.165, 1.54) is 0 Å². The molecule has 8 heteroatoms. The number of nitrogens with zero attached hydrogens (tertiary/aromatic N) is 2. The molecule has 1 aromatic carbocycles. The number of urea groups is 1. The van der Waals surface area contributed by atoms with Gasteiger partial charge in [0.05, 0.1) is 21.7 Å². The SMILES string of the molecule is O=C1NC(=O)C2(CCN(C(=O)c3cc(-c4cccs4)nc4ccccc34)CC2)N1. The van der Waals surface area contributed by atoms with E-state index < -0.39 is 11.6 Å². The maximum absolute atomic E-state index is 13.4. The van der Waals surface area contributed by atoms with Crippen LogP contribution in [0.15, 0.2) is 47.8 Å². The van der Waals surface area contributed by atoms with E-state index >= 15 is 0 Å². The molecular weight excluding hydrogens is 388 g/mol. The summed E-state index contributed by atoms with van der Waals surface area (Å²) in [7, 11) is 0. The van der Waals surface area contributed by atoms with Crippen LogP contribution in [0.3, 0.4) is 0 Å². The first kappa shape index (κ1) is 17.8. The molecule has 5 rings (SSSR count). The molecule has 0 saturated carbocycles. The van der Waals surface area contributed by atoms with Gasteiger partial charge in [-0.15, -0.1) is 11.3 Å². The zero-order valence-electron chi connectivity index (χ0n) is 15.5. The van der Waals surface area contributed by atoms with Crippen LogP contribution in [0.2, 0.25) is 0 Å². The van der Waals surface area contributed by atoms with Gasteiger partial charge >= 0.3 is 6.03 Å². The Morgan fingerprint density at radius 3 is 2.59 bits per heavy atom. The van der Waals surface area contributed by atoms with E-state index in [0.29, 0.717) is 31.5 Å². The number of amides is 4. The van der Waals surface area contributed by atoms with Gasteiger partial charge in [-0.05, 0) is 36.4 Å². The molecule has 2 saturated heterocycles. The second kappa shape index (κ2) is 6.66. The molecule has 0 radical (unpaired) electrons. The van der Waals surface area contributed by atoms with E-state index in [4.69, 9.17) is 4.98 Å². The second-order valence-electron chi connectivity index (χ2n) is 7.33. The number of nitrogens with one attached hydrogen (secondary N) is 2. The first-order valence-corrected chi connectivity index (χ1v) is 10.3. The number of thiophene rings is 1. The minimum absolute atomic E-state index is 0.0824. The molecule has 3 aromatic rings. The number of hydrogen-bond donors (Lipinski definition) is 2. The molecule has 0 bridgehead atoms. The van der Waals surface area contributed by atoms with Crippen molar-refractivity contribution in [2.24, 2.45) is 0 Å². The molecule has 2 aliphatic rings. The average molecular weight is 406 g/mol. The summed E-state index contributed by atoms with van der Waals surface area (Å²) < 4.78 is 0. The Bertz CT molecular complexity index is 1130. The molecule has 7 nitrogen and oxygen atoms in total. The molecule has 2 N–H and O–H groups in total. The minimum Gasteiger partial charge on any atom is -0.338 e. The van der Waals surface area contributed by atoms with Gasteiger partial charge in [0.15, 0.2) is 0 Å². The normalized spacial score (nSPS) is 18.1. The Morgan fingerprint density at radius 1 is 1.10 bits per heavy atom. The Morgan fingerprint density at radius 2 is 1.90 bits per heavy atom. The van der Waals surface area contributed by atoms with Gasteiger partial charge in [0, 0.05) is 18.5 Å². The van der Waals surface area contributed by atoms with Crippen LogP contribution in [0.4, 0.5) is 4.79 Å². The first-order chi connectivity index (χ1) is 14.1. The third-order valence-corrected chi connectivity index (χ3v) is 6.53. The number of benzene rings is 1. The van der Waals surface area contributed by atoms with Gasteiger partial charge in [-0.25, -0.2) is 9.78 Å². The highest BCUT2D eigenvalue weighted by molar-refractivity contribution is 7.13. The number of aromatic nitrogens is 1. The smallest absolute Gasteiger partial charge is 0.322 e. The third-order valence-electron chi connectivity index (χ3n) is 5.64. The fraction of sp³-hybridized carbons (Fsp3) is 0.238. The number of imide groups is 1. The Kier molecular flexibility index (Phi) is 4.09. The van der Waals surface area contributed by atoms with Crippen LogP contribution >= 0.6 is 11.3 Å². The molecule has 4 heterocycles. The molecule has 2 fully saturated rings. The van der Waals surface area contributed by atoms with Crippen LogP contribution in [0.5, 0.6) is 0 Å². The third kappa shape index (κ3) is 2.96. The van der Waals surface area contributed by atoms with E-state index in [0.717, 1.165) is 21.5 Å².